The van der Waals surface area contributed by atoms with Gasteiger partial charge in [0.15, 0.2) is 6.61 Å². The molecule has 1 atom stereocenters. The number of likely N-dealkylation sites (tertiary alicyclic amines) is 2. The molecule has 0 aromatic heterocycles. The van der Waals surface area contributed by atoms with Gasteiger partial charge in [-0.2, -0.15) is 0 Å². The average molecular weight is 453 g/mol. The summed E-state index contributed by atoms with van der Waals surface area (Å²) in [7, 11) is 0. The van der Waals surface area contributed by atoms with Gasteiger partial charge in [0, 0.05) is 25.7 Å². The van der Waals surface area contributed by atoms with Gasteiger partial charge in [-0.25, -0.2) is 4.39 Å². The van der Waals surface area contributed by atoms with Crippen LogP contribution in [-0.4, -0.2) is 53.9 Å². The molecule has 2 fully saturated rings. The third-order valence-corrected chi connectivity index (χ3v) is 6.91. The number of ether oxygens (including phenoxy) is 1. The van der Waals surface area contributed by atoms with Crippen LogP contribution >= 0.6 is 0 Å². The molecule has 33 heavy (non-hydrogen) atoms. The van der Waals surface area contributed by atoms with Crippen LogP contribution in [0.25, 0.3) is 0 Å². The van der Waals surface area contributed by atoms with E-state index in [0.717, 1.165) is 19.4 Å². The van der Waals surface area contributed by atoms with Crippen molar-refractivity contribution >= 4 is 11.8 Å². The first-order valence-electron chi connectivity index (χ1n) is 11.9. The normalized spacial score (nSPS) is 20.0. The summed E-state index contributed by atoms with van der Waals surface area (Å²) in [5, 5.41) is 0. The Morgan fingerprint density at radius 2 is 1.76 bits per heavy atom. The van der Waals surface area contributed by atoms with Crippen LogP contribution in [0.1, 0.15) is 38.7 Å². The lowest BCUT2D eigenvalue weighted by molar-refractivity contribution is -0.144. The Balaban J connectivity index is 1.37. The molecule has 0 saturated carbocycles. The van der Waals surface area contributed by atoms with Gasteiger partial charge in [-0.3, -0.25) is 9.59 Å². The minimum atomic E-state index is -0.372. The summed E-state index contributed by atoms with van der Waals surface area (Å²) in [5.74, 6) is 0.699. The van der Waals surface area contributed by atoms with Crippen molar-refractivity contribution in [2.75, 3.05) is 26.2 Å². The van der Waals surface area contributed by atoms with Gasteiger partial charge in [0.05, 0.1) is 5.41 Å². The number of hydrogen-bond acceptors (Lipinski definition) is 3. The van der Waals surface area contributed by atoms with E-state index in [1.54, 1.807) is 4.90 Å². The molecule has 0 unspecified atom stereocenters. The predicted octanol–water partition coefficient (Wildman–Crippen LogP) is 4.31. The predicted molar refractivity (Wildman–Crippen MR) is 125 cm³/mol. The van der Waals surface area contributed by atoms with Gasteiger partial charge in [0.2, 0.25) is 5.91 Å². The lowest BCUT2D eigenvalue weighted by Crippen LogP contribution is -2.48. The summed E-state index contributed by atoms with van der Waals surface area (Å²) in [6, 6.07) is 16.2. The fraction of sp³-hybridized carbons (Fsp3) is 0.481. The van der Waals surface area contributed by atoms with E-state index in [0.29, 0.717) is 37.6 Å². The van der Waals surface area contributed by atoms with Crippen LogP contribution in [0.4, 0.5) is 4.39 Å². The summed E-state index contributed by atoms with van der Waals surface area (Å²) in [5.41, 5.74) is 0.884. The molecule has 2 aliphatic rings. The first-order valence-corrected chi connectivity index (χ1v) is 11.9. The second-order valence-corrected chi connectivity index (χ2v) is 9.80. The van der Waals surface area contributed by atoms with Crippen LogP contribution in [0, 0.1) is 17.2 Å². The van der Waals surface area contributed by atoms with Crippen molar-refractivity contribution in [1.29, 1.82) is 0 Å². The van der Waals surface area contributed by atoms with Gasteiger partial charge in [0.25, 0.3) is 5.91 Å². The summed E-state index contributed by atoms with van der Waals surface area (Å²) >= 11 is 0. The van der Waals surface area contributed by atoms with E-state index in [1.807, 2.05) is 18.2 Å². The quantitative estimate of drug-likeness (QED) is 0.629. The van der Waals surface area contributed by atoms with E-state index in [4.69, 9.17) is 4.74 Å². The summed E-state index contributed by atoms with van der Waals surface area (Å²) < 4.78 is 18.6. The number of nitrogens with zero attached hydrogens (tertiary/aromatic N) is 2. The maximum Gasteiger partial charge on any atom is 0.260 e. The highest BCUT2D eigenvalue weighted by Gasteiger charge is 2.52. The lowest BCUT2D eigenvalue weighted by Gasteiger charge is -2.38. The first kappa shape index (κ1) is 23.3. The van der Waals surface area contributed by atoms with Crippen molar-refractivity contribution in [2.45, 2.75) is 45.6 Å². The molecule has 176 valence electrons. The minimum absolute atomic E-state index is 0.0807. The van der Waals surface area contributed by atoms with Gasteiger partial charge in [0.1, 0.15) is 11.6 Å². The molecule has 0 radical (unpaired) electrons. The highest BCUT2D eigenvalue weighted by Crippen LogP contribution is 2.45. The molecular formula is C27H33FN2O3. The average Bonchev–Trinajstić information content (AvgIpc) is 3.04. The number of carbonyl (C=O) groups is 2. The maximum atomic E-state index is 13.6. The highest BCUT2D eigenvalue weighted by molar-refractivity contribution is 5.86. The molecule has 2 amide bonds. The van der Waals surface area contributed by atoms with Crippen LogP contribution in [0.5, 0.6) is 5.75 Å². The number of carbonyl (C=O) groups excluding carboxylic acids is 2. The molecule has 5 nitrogen and oxygen atoms in total. The van der Waals surface area contributed by atoms with Crippen molar-refractivity contribution in [1.82, 2.24) is 9.80 Å². The molecule has 0 bridgehead atoms. The topological polar surface area (TPSA) is 49.9 Å². The maximum absolute atomic E-state index is 13.6. The number of benzene rings is 2. The molecule has 2 heterocycles. The Morgan fingerprint density at radius 3 is 2.39 bits per heavy atom. The summed E-state index contributed by atoms with van der Waals surface area (Å²) in [6.07, 6.45) is 3.10. The Labute approximate surface area is 195 Å². The highest BCUT2D eigenvalue weighted by atomic mass is 19.1. The van der Waals surface area contributed by atoms with E-state index in [2.05, 4.69) is 30.9 Å². The number of amides is 2. The van der Waals surface area contributed by atoms with E-state index in [9.17, 15) is 14.0 Å². The SMILES string of the molecule is CC(C)CN1C(=O)C2(CCN(C(=O)COc3ccc(F)cc3)CC2)C[C@@H]1Cc1ccccc1. The Hall–Kier alpha value is -2.89. The fourth-order valence-electron chi connectivity index (χ4n) is 5.18. The zero-order valence-corrected chi connectivity index (χ0v) is 19.5. The molecule has 6 heteroatoms. The number of halogens is 1. The number of piperidine rings is 1. The molecule has 2 saturated heterocycles. The smallest absolute Gasteiger partial charge is 0.260 e. The molecule has 0 N–H and O–H groups in total. The second-order valence-electron chi connectivity index (χ2n) is 9.80. The van der Waals surface area contributed by atoms with Gasteiger partial charge in [-0.05, 0) is 61.4 Å². The van der Waals surface area contributed by atoms with E-state index in [1.165, 1.54) is 29.8 Å². The van der Waals surface area contributed by atoms with Crippen LogP contribution in [0.2, 0.25) is 0 Å². The van der Waals surface area contributed by atoms with Crippen molar-refractivity contribution in [3.63, 3.8) is 0 Å². The third-order valence-electron chi connectivity index (χ3n) is 6.91. The third kappa shape index (κ3) is 5.37. The van der Waals surface area contributed by atoms with Gasteiger partial charge >= 0.3 is 0 Å². The molecule has 0 aliphatic carbocycles. The van der Waals surface area contributed by atoms with E-state index in [-0.39, 0.29) is 35.7 Å². The lowest BCUT2D eigenvalue weighted by atomic mass is 9.75. The number of hydrogen-bond donors (Lipinski definition) is 0. The second kappa shape index (κ2) is 9.94. The van der Waals surface area contributed by atoms with Gasteiger partial charge in [-0.1, -0.05) is 44.2 Å². The minimum Gasteiger partial charge on any atom is -0.484 e. The standard InChI is InChI=1S/C27H33FN2O3/c1-20(2)18-30-23(16-21-6-4-3-5-7-21)17-27(26(30)32)12-14-29(15-13-27)25(31)19-33-24-10-8-22(28)9-11-24/h3-11,20,23H,12-19H2,1-2H3/t23-/m0/s1. The van der Waals surface area contributed by atoms with Gasteiger partial charge in [-0.15, -0.1) is 0 Å². The Kier molecular flexibility index (Phi) is 7.01. The molecule has 2 aliphatic heterocycles. The molecule has 2 aromatic rings. The number of rotatable bonds is 7. The Morgan fingerprint density at radius 1 is 1.09 bits per heavy atom. The van der Waals surface area contributed by atoms with Crippen molar-refractivity contribution in [3.8, 4) is 5.75 Å². The van der Waals surface area contributed by atoms with E-state index < -0.39 is 0 Å². The molecule has 1 spiro atoms. The van der Waals surface area contributed by atoms with Crippen molar-refractivity contribution < 1.29 is 18.7 Å². The van der Waals surface area contributed by atoms with Gasteiger partial charge < -0.3 is 14.5 Å². The largest absolute Gasteiger partial charge is 0.484 e. The van der Waals surface area contributed by atoms with Crippen LogP contribution in [-0.2, 0) is 16.0 Å². The van der Waals surface area contributed by atoms with Crippen molar-refractivity contribution in [3.05, 3.63) is 66.0 Å². The molecule has 4 rings (SSSR count). The van der Waals surface area contributed by atoms with Crippen LogP contribution in [0.3, 0.4) is 0 Å². The zero-order valence-electron chi connectivity index (χ0n) is 19.5. The monoisotopic (exact) mass is 452 g/mol. The summed E-state index contributed by atoms with van der Waals surface area (Å²) in [6.45, 7) is 6.12. The first-order chi connectivity index (χ1) is 15.9. The van der Waals surface area contributed by atoms with E-state index >= 15 is 0 Å². The molecule has 2 aromatic carbocycles. The molecular weight excluding hydrogens is 419 g/mol. The van der Waals surface area contributed by atoms with Crippen LogP contribution < -0.4 is 4.74 Å². The van der Waals surface area contributed by atoms with Crippen molar-refractivity contribution in [2.24, 2.45) is 11.3 Å². The van der Waals surface area contributed by atoms with Crippen LogP contribution in [0.15, 0.2) is 54.6 Å². The summed E-state index contributed by atoms with van der Waals surface area (Å²) in [4.78, 5) is 30.2. The Bertz CT molecular complexity index is 953. The zero-order chi connectivity index (χ0) is 23.4. The fourth-order valence-corrected chi connectivity index (χ4v) is 5.18.